The maximum atomic E-state index is 13.6. The van der Waals surface area contributed by atoms with Crippen LogP contribution in [0, 0.1) is 5.82 Å². The summed E-state index contributed by atoms with van der Waals surface area (Å²) in [6.07, 6.45) is 0. The van der Waals surface area contributed by atoms with Crippen molar-refractivity contribution in [3.63, 3.8) is 0 Å². The van der Waals surface area contributed by atoms with E-state index in [1.807, 2.05) is 0 Å². The van der Waals surface area contributed by atoms with Gasteiger partial charge in [0.15, 0.2) is 0 Å². The van der Waals surface area contributed by atoms with Gasteiger partial charge in [-0.3, -0.25) is 9.52 Å². The van der Waals surface area contributed by atoms with Crippen molar-refractivity contribution < 1.29 is 17.6 Å². The molecule has 9 heteroatoms. The number of hydrogen-bond donors (Lipinski definition) is 2. The summed E-state index contributed by atoms with van der Waals surface area (Å²) in [6.45, 7) is 1.21. The Kier molecular flexibility index (Phi) is 5.13. The van der Waals surface area contributed by atoms with E-state index in [9.17, 15) is 17.6 Å². The Bertz CT molecular complexity index is 872. The van der Waals surface area contributed by atoms with Crippen LogP contribution in [0.5, 0.6) is 0 Å². The van der Waals surface area contributed by atoms with Crippen molar-refractivity contribution >= 4 is 50.5 Å². The molecule has 5 nitrogen and oxygen atoms in total. The maximum Gasteiger partial charge on any atom is 0.263 e. The second-order valence-electron chi connectivity index (χ2n) is 4.53. The summed E-state index contributed by atoms with van der Waals surface area (Å²) in [7, 11) is -4.03. The van der Waals surface area contributed by atoms with Gasteiger partial charge in [0.1, 0.15) is 10.7 Å². The lowest BCUT2D eigenvalue weighted by atomic mass is 10.2. The predicted octanol–water partition coefficient (Wildman–Crippen LogP) is 3.89. The summed E-state index contributed by atoms with van der Waals surface area (Å²) in [5.41, 5.74) is -0.0823. The van der Waals surface area contributed by atoms with Gasteiger partial charge in [-0.05, 0) is 30.3 Å². The minimum absolute atomic E-state index is 0.0613. The molecule has 2 rings (SSSR count). The summed E-state index contributed by atoms with van der Waals surface area (Å²) >= 11 is 11.7. The maximum absolute atomic E-state index is 13.6. The van der Waals surface area contributed by atoms with Gasteiger partial charge >= 0.3 is 0 Å². The van der Waals surface area contributed by atoms with Crippen LogP contribution in [0.4, 0.5) is 15.8 Å². The Morgan fingerprint density at radius 1 is 1.17 bits per heavy atom. The Hall–Kier alpha value is -1.83. The van der Waals surface area contributed by atoms with Crippen LogP contribution in [0.2, 0.25) is 10.0 Å². The average Bonchev–Trinajstić information content (AvgIpc) is 2.44. The van der Waals surface area contributed by atoms with E-state index < -0.39 is 21.7 Å². The smallest absolute Gasteiger partial charge is 0.263 e. The molecule has 0 heterocycles. The summed E-state index contributed by atoms with van der Waals surface area (Å²) < 4.78 is 40.5. The first-order valence-electron chi connectivity index (χ1n) is 6.24. The Balaban J connectivity index is 2.38. The van der Waals surface area contributed by atoms with E-state index in [1.165, 1.54) is 31.2 Å². The average molecular weight is 377 g/mol. The van der Waals surface area contributed by atoms with Crippen LogP contribution in [0.3, 0.4) is 0 Å². The first kappa shape index (κ1) is 17.5. The van der Waals surface area contributed by atoms with E-state index >= 15 is 0 Å². The van der Waals surface area contributed by atoms with Gasteiger partial charge in [-0.2, -0.15) is 0 Å². The number of amides is 1. The van der Waals surface area contributed by atoms with Crippen molar-refractivity contribution in [2.24, 2.45) is 0 Å². The highest BCUT2D eigenvalue weighted by Gasteiger charge is 2.20. The lowest BCUT2D eigenvalue weighted by Gasteiger charge is -2.12. The molecule has 0 aliphatic carbocycles. The molecule has 0 aromatic heterocycles. The second-order valence-corrected chi connectivity index (χ2v) is 6.97. The van der Waals surface area contributed by atoms with Gasteiger partial charge < -0.3 is 5.32 Å². The van der Waals surface area contributed by atoms with Crippen LogP contribution in [-0.2, 0) is 14.8 Å². The first-order valence-corrected chi connectivity index (χ1v) is 8.48. The fourth-order valence-electron chi connectivity index (χ4n) is 1.78. The van der Waals surface area contributed by atoms with Crippen molar-refractivity contribution in [2.75, 3.05) is 10.0 Å². The molecule has 0 aliphatic heterocycles. The highest BCUT2D eigenvalue weighted by molar-refractivity contribution is 7.92. The summed E-state index contributed by atoms with van der Waals surface area (Å²) in [5.74, 6) is -1.18. The minimum Gasteiger partial charge on any atom is -0.324 e. The van der Waals surface area contributed by atoms with E-state index in [0.29, 0.717) is 0 Å². The monoisotopic (exact) mass is 376 g/mol. The Labute approximate surface area is 142 Å². The van der Waals surface area contributed by atoms with Crippen molar-refractivity contribution in [2.45, 2.75) is 11.8 Å². The van der Waals surface area contributed by atoms with Gasteiger partial charge in [0.2, 0.25) is 5.91 Å². The van der Waals surface area contributed by atoms with Gasteiger partial charge in [-0.15, -0.1) is 0 Å². The molecular weight excluding hydrogens is 366 g/mol. The number of benzene rings is 2. The highest BCUT2D eigenvalue weighted by atomic mass is 35.5. The van der Waals surface area contributed by atoms with Crippen LogP contribution >= 0.6 is 23.2 Å². The zero-order valence-electron chi connectivity index (χ0n) is 11.7. The second kappa shape index (κ2) is 6.74. The third kappa shape index (κ3) is 4.13. The van der Waals surface area contributed by atoms with Gasteiger partial charge in [0.25, 0.3) is 10.0 Å². The molecule has 0 saturated heterocycles. The minimum atomic E-state index is -4.03. The molecule has 2 aromatic rings. The van der Waals surface area contributed by atoms with Gasteiger partial charge in [0.05, 0.1) is 21.4 Å². The number of rotatable bonds is 4. The van der Waals surface area contributed by atoms with Gasteiger partial charge in [0, 0.05) is 6.92 Å². The van der Waals surface area contributed by atoms with E-state index in [4.69, 9.17) is 23.2 Å². The Morgan fingerprint density at radius 3 is 2.52 bits per heavy atom. The molecule has 0 atom stereocenters. The molecule has 23 heavy (non-hydrogen) atoms. The molecular formula is C14H11Cl2FN2O3S. The molecule has 0 fully saturated rings. The van der Waals surface area contributed by atoms with Crippen molar-refractivity contribution in [1.82, 2.24) is 0 Å². The highest BCUT2D eigenvalue weighted by Crippen LogP contribution is 2.30. The molecule has 1 amide bonds. The van der Waals surface area contributed by atoms with Crippen molar-refractivity contribution in [3.8, 4) is 0 Å². The fourth-order valence-corrected chi connectivity index (χ4v) is 3.59. The molecule has 122 valence electrons. The number of nitrogens with one attached hydrogen (secondary N) is 2. The normalized spacial score (nSPS) is 11.1. The summed E-state index contributed by atoms with van der Waals surface area (Å²) in [4.78, 5) is 10.8. The first-order chi connectivity index (χ1) is 10.7. The van der Waals surface area contributed by atoms with Crippen LogP contribution in [0.15, 0.2) is 41.3 Å². The zero-order chi connectivity index (χ0) is 17.2. The SMILES string of the molecule is CC(=O)Nc1cc(NS(=O)(=O)c2cccc(Cl)c2Cl)ccc1F. The molecule has 0 bridgehead atoms. The van der Waals surface area contributed by atoms with E-state index in [-0.39, 0.29) is 26.3 Å². The number of halogens is 3. The van der Waals surface area contributed by atoms with Gasteiger partial charge in [-0.1, -0.05) is 29.3 Å². The van der Waals surface area contributed by atoms with Crippen LogP contribution in [-0.4, -0.2) is 14.3 Å². The lowest BCUT2D eigenvalue weighted by molar-refractivity contribution is -0.114. The lowest BCUT2D eigenvalue weighted by Crippen LogP contribution is -2.14. The molecule has 0 unspecified atom stereocenters. The third-order valence-corrected chi connectivity index (χ3v) is 5.09. The molecule has 0 spiro atoms. The largest absolute Gasteiger partial charge is 0.324 e. The number of sulfonamides is 1. The quantitative estimate of drug-likeness (QED) is 0.849. The van der Waals surface area contributed by atoms with Crippen LogP contribution < -0.4 is 10.0 Å². The molecule has 2 aromatic carbocycles. The van der Waals surface area contributed by atoms with E-state index in [0.717, 1.165) is 12.1 Å². The summed E-state index contributed by atoms with van der Waals surface area (Å²) in [6, 6.07) is 7.59. The number of carbonyl (C=O) groups excluding carboxylic acids is 1. The molecule has 0 aliphatic rings. The van der Waals surface area contributed by atoms with Crippen molar-refractivity contribution in [3.05, 3.63) is 52.3 Å². The zero-order valence-corrected chi connectivity index (χ0v) is 14.1. The van der Waals surface area contributed by atoms with Gasteiger partial charge in [-0.25, -0.2) is 12.8 Å². The molecule has 2 N–H and O–H groups in total. The third-order valence-electron chi connectivity index (χ3n) is 2.73. The number of anilines is 2. The Morgan fingerprint density at radius 2 is 1.87 bits per heavy atom. The number of hydrogen-bond acceptors (Lipinski definition) is 3. The topological polar surface area (TPSA) is 75.3 Å². The molecule has 0 radical (unpaired) electrons. The number of carbonyl (C=O) groups is 1. The summed E-state index contributed by atoms with van der Waals surface area (Å²) in [5, 5.41) is 2.23. The molecule has 0 saturated carbocycles. The van der Waals surface area contributed by atoms with Crippen LogP contribution in [0.1, 0.15) is 6.92 Å². The van der Waals surface area contributed by atoms with E-state index in [1.54, 1.807) is 0 Å². The predicted molar refractivity (Wildman–Crippen MR) is 88.0 cm³/mol. The standard InChI is InChI=1S/C14H11Cl2FN2O3S/c1-8(20)18-12-7-9(5-6-11(12)17)19-23(21,22)13-4-2-3-10(15)14(13)16/h2-7,19H,1H3,(H,18,20). The van der Waals surface area contributed by atoms with Crippen LogP contribution in [0.25, 0.3) is 0 Å². The van der Waals surface area contributed by atoms with Crippen molar-refractivity contribution in [1.29, 1.82) is 0 Å². The van der Waals surface area contributed by atoms with E-state index in [2.05, 4.69) is 10.0 Å². The fraction of sp³-hybridized carbons (Fsp3) is 0.0714.